The zero-order chi connectivity index (χ0) is 15.4. The molecule has 5 nitrogen and oxygen atoms in total. The summed E-state index contributed by atoms with van der Waals surface area (Å²) in [4.78, 5) is 27.4. The molecular weight excluding hydrogens is 270 g/mol. The Balaban J connectivity index is 2.58. The van der Waals surface area contributed by atoms with Crippen molar-refractivity contribution < 1.29 is 19.1 Å². The number of benzene rings is 1. The lowest BCUT2D eigenvalue weighted by atomic mass is 10.1. The minimum absolute atomic E-state index is 0.0978. The van der Waals surface area contributed by atoms with Gasteiger partial charge in [-0.25, -0.2) is 4.79 Å². The van der Waals surface area contributed by atoms with E-state index in [1.54, 1.807) is 6.92 Å². The van der Waals surface area contributed by atoms with Gasteiger partial charge in [0, 0.05) is 11.6 Å². The van der Waals surface area contributed by atoms with Crippen molar-refractivity contribution in [2.45, 2.75) is 20.8 Å². The van der Waals surface area contributed by atoms with E-state index in [0.717, 1.165) is 5.56 Å². The van der Waals surface area contributed by atoms with Crippen molar-refractivity contribution in [3.63, 3.8) is 0 Å². The third kappa shape index (κ3) is 3.37. The van der Waals surface area contributed by atoms with Gasteiger partial charge in [-0.2, -0.15) is 0 Å². The molecule has 0 unspecified atom stereocenters. The number of Topliss-reactive ketones (excluding diaryl/α,β-unsaturated/α-hetero) is 1. The Labute approximate surface area is 122 Å². The second-order valence-electron chi connectivity index (χ2n) is 4.73. The predicted octanol–water partition coefficient (Wildman–Crippen LogP) is 2.69. The molecule has 0 N–H and O–H groups in total. The highest BCUT2D eigenvalue weighted by atomic mass is 16.5. The quantitative estimate of drug-likeness (QED) is 0.791. The average Bonchev–Trinajstić information content (AvgIpc) is 2.44. The van der Waals surface area contributed by atoms with Crippen LogP contribution in [-0.2, 0) is 9.53 Å². The van der Waals surface area contributed by atoms with Crippen LogP contribution in [0, 0.1) is 6.92 Å². The molecule has 1 aromatic heterocycles. The molecule has 0 atom stereocenters. The van der Waals surface area contributed by atoms with Gasteiger partial charge in [0.1, 0.15) is 17.9 Å². The molecular formula is C16H17NO4. The monoisotopic (exact) mass is 287 g/mol. The number of hydrogen-bond donors (Lipinski definition) is 0. The lowest BCUT2D eigenvalue weighted by Gasteiger charge is -2.12. The summed E-state index contributed by atoms with van der Waals surface area (Å²) in [7, 11) is 0. The van der Waals surface area contributed by atoms with Crippen molar-refractivity contribution in [1.29, 1.82) is 0 Å². The molecule has 0 aliphatic rings. The van der Waals surface area contributed by atoms with Crippen LogP contribution in [0.4, 0.5) is 0 Å². The highest BCUT2D eigenvalue weighted by Crippen LogP contribution is 2.29. The minimum atomic E-state index is -0.507. The number of carbonyl (C=O) groups excluding carboxylic acids is 2. The van der Waals surface area contributed by atoms with Crippen molar-refractivity contribution in [1.82, 2.24) is 4.98 Å². The molecule has 0 saturated heterocycles. The van der Waals surface area contributed by atoms with E-state index in [0.29, 0.717) is 16.7 Å². The van der Waals surface area contributed by atoms with Gasteiger partial charge < -0.3 is 9.47 Å². The second kappa shape index (κ2) is 6.35. The number of fused-ring (bicyclic) bond motifs is 1. The summed E-state index contributed by atoms with van der Waals surface area (Å²) < 4.78 is 10.6. The molecule has 21 heavy (non-hydrogen) atoms. The number of aromatic nitrogens is 1. The van der Waals surface area contributed by atoms with Crippen LogP contribution in [0.3, 0.4) is 0 Å². The average molecular weight is 287 g/mol. The van der Waals surface area contributed by atoms with Crippen LogP contribution in [0.15, 0.2) is 24.4 Å². The topological polar surface area (TPSA) is 65.5 Å². The van der Waals surface area contributed by atoms with Gasteiger partial charge >= 0.3 is 5.97 Å². The van der Waals surface area contributed by atoms with Gasteiger partial charge in [0.05, 0.1) is 12.1 Å². The van der Waals surface area contributed by atoms with Crippen LogP contribution in [0.25, 0.3) is 10.9 Å². The van der Waals surface area contributed by atoms with Crippen molar-refractivity contribution in [2.75, 3.05) is 13.2 Å². The van der Waals surface area contributed by atoms with Crippen LogP contribution in [0.5, 0.6) is 5.75 Å². The Hall–Kier alpha value is -2.43. The fraction of sp³-hybridized carbons (Fsp3) is 0.312. The molecule has 0 fully saturated rings. The van der Waals surface area contributed by atoms with Gasteiger partial charge in [-0.3, -0.25) is 9.78 Å². The number of rotatable bonds is 5. The molecule has 0 radical (unpaired) electrons. The van der Waals surface area contributed by atoms with Gasteiger partial charge in [-0.15, -0.1) is 0 Å². The Kier molecular flexibility index (Phi) is 4.52. The largest absolute Gasteiger partial charge is 0.484 e. The summed E-state index contributed by atoms with van der Waals surface area (Å²) in [6.45, 7) is 5.26. The van der Waals surface area contributed by atoms with E-state index >= 15 is 0 Å². The first-order valence-corrected chi connectivity index (χ1v) is 6.71. The molecule has 2 aromatic rings. The van der Waals surface area contributed by atoms with Crippen LogP contribution in [0.1, 0.15) is 29.8 Å². The fourth-order valence-electron chi connectivity index (χ4n) is 1.97. The standard InChI is InChI=1S/C16H17NO4/c1-4-20-16(19)13-8-17-14-6-5-10(2)7-12(14)15(13)21-9-11(3)18/h5-8H,4,9H2,1-3H3. The highest BCUT2D eigenvalue weighted by Gasteiger charge is 2.18. The molecule has 0 aliphatic heterocycles. The van der Waals surface area contributed by atoms with Crippen LogP contribution < -0.4 is 4.74 Å². The maximum absolute atomic E-state index is 12.0. The molecule has 0 bridgehead atoms. The molecule has 0 amide bonds. The van der Waals surface area contributed by atoms with E-state index in [4.69, 9.17) is 9.47 Å². The van der Waals surface area contributed by atoms with E-state index in [2.05, 4.69) is 4.98 Å². The Morgan fingerprint density at radius 1 is 1.29 bits per heavy atom. The van der Waals surface area contributed by atoms with Crippen LogP contribution in [0.2, 0.25) is 0 Å². The van der Waals surface area contributed by atoms with E-state index in [9.17, 15) is 9.59 Å². The Morgan fingerprint density at radius 3 is 2.71 bits per heavy atom. The van der Waals surface area contributed by atoms with Crippen molar-refractivity contribution in [3.8, 4) is 5.75 Å². The van der Waals surface area contributed by atoms with Crippen LogP contribution >= 0.6 is 0 Å². The van der Waals surface area contributed by atoms with E-state index in [1.165, 1.54) is 13.1 Å². The van der Waals surface area contributed by atoms with Crippen LogP contribution in [-0.4, -0.2) is 30.0 Å². The molecule has 1 aromatic carbocycles. The number of aryl methyl sites for hydroxylation is 1. The maximum Gasteiger partial charge on any atom is 0.343 e. The van der Waals surface area contributed by atoms with Gasteiger partial charge in [0.15, 0.2) is 5.78 Å². The first kappa shape index (κ1) is 15.0. The molecule has 110 valence electrons. The van der Waals surface area contributed by atoms with Gasteiger partial charge in [0.25, 0.3) is 0 Å². The van der Waals surface area contributed by atoms with Gasteiger partial charge in [-0.05, 0) is 32.9 Å². The summed E-state index contributed by atoms with van der Waals surface area (Å²) in [6, 6.07) is 5.65. The lowest BCUT2D eigenvalue weighted by molar-refractivity contribution is -0.118. The summed E-state index contributed by atoms with van der Waals surface area (Å²) >= 11 is 0. The predicted molar refractivity (Wildman–Crippen MR) is 78.6 cm³/mol. The Bertz CT molecular complexity index is 694. The first-order valence-electron chi connectivity index (χ1n) is 6.71. The normalized spacial score (nSPS) is 10.4. The van der Waals surface area contributed by atoms with Gasteiger partial charge in [-0.1, -0.05) is 11.6 Å². The van der Waals surface area contributed by atoms with Crippen molar-refractivity contribution in [3.05, 3.63) is 35.5 Å². The van der Waals surface area contributed by atoms with E-state index in [1.807, 2.05) is 25.1 Å². The molecule has 0 aliphatic carbocycles. The number of ether oxygens (including phenoxy) is 2. The van der Waals surface area contributed by atoms with Crippen molar-refractivity contribution >= 4 is 22.7 Å². The number of carbonyl (C=O) groups is 2. The molecule has 5 heteroatoms. The summed E-state index contributed by atoms with van der Waals surface area (Å²) in [5.41, 5.74) is 1.95. The number of pyridine rings is 1. The van der Waals surface area contributed by atoms with Gasteiger partial charge in [0.2, 0.25) is 0 Å². The zero-order valence-corrected chi connectivity index (χ0v) is 12.3. The summed E-state index contributed by atoms with van der Waals surface area (Å²) in [5, 5.41) is 0.696. The smallest absolute Gasteiger partial charge is 0.343 e. The molecule has 0 spiro atoms. The first-order chi connectivity index (χ1) is 10.0. The fourth-order valence-corrected chi connectivity index (χ4v) is 1.97. The highest BCUT2D eigenvalue weighted by molar-refractivity contribution is 6.00. The third-order valence-corrected chi connectivity index (χ3v) is 2.89. The third-order valence-electron chi connectivity index (χ3n) is 2.89. The minimum Gasteiger partial charge on any atom is -0.484 e. The number of hydrogen-bond acceptors (Lipinski definition) is 5. The van der Waals surface area contributed by atoms with E-state index in [-0.39, 0.29) is 24.6 Å². The number of esters is 1. The SMILES string of the molecule is CCOC(=O)c1cnc2ccc(C)cc2c1OCC(C)=O. The maximum atomic E-state index is 12.0. The molecule has 1 heterocycles. The summed E-state index contributed by atoms with van der Waals surface area (Å²) in [5.74, 6) is -0.285. The van der Waals surface area contributed by atoms with E-state index < -0.39 is 5.97 Å². The lowest BCUT2D eigenvalue weighted by Crippen LogP contribution is -2.12. The van der Waals surface area contributed by atoms with Crippen molar-refractivity contribution in [2.24, 2.45) is 0 Å². The Morgan fingerprint density at radius 2 is 2.05 bits per heavy atom. The number of nitrogens with zero attached hydrogens (tertiary/aromatic N) is 1. The number of ketones is 1. The summed E-state index contributed by atoms with van der Waals surface area (Å²) in [6.07, 6.45) is 1.42. The molecule has 2 rings (SSSR count). The molecule has 0 saturated carbocycles. The second-order valence-corrected chi connectivity index (χ2v) is 4.73. The zero-order valence-electron chi connectivity index (χ0n) is 12.3.